The number of amides is 2. The van der Waals surface area contributed by atoms with E-state index in [0.29, 0.717) is 13.1 Å². The van der Waals surface area contributed by atoms with Crippen LogP contribution < -0.4 is 5.73 Å². The molecule has 0 aliphatic carbocycles. The topological polar surface area (TPSA) is 75.9 Å². The second kappa shape index (κ2) is 8.85. The van der Waals surface area contributed by atoms with Crippen molar-refractivity contribution in [3.8, 4) is 0 Å². The first kappa shape index (κ1) is 19.2. The van der Waals surface area contributed by atoms with Crippen LogP contribution in [0.3, 0.4) is 0 Å². The second-order valence-corrected chi connectivity index (χ2v) is 7.02. The van der Waals surface area contributed by atoms with Gasteiger partial charge in [0.15, 0.2) is 0 Å². The van der Waals surface area contributed by atoms with E-state index in [1.54, 1.807) is 11.9 Å². The van der Waals surface area contributed by atoms with E-state index in [1.165, 1.54) is 0 Å². The highest BCUT2D eigenvalue weighted by molar-refractivity contribution is 5.82. The van der Waals surface area contributed by atoms with Gasteiger partial charge in [-0.2, -0.15) is 0 Å². The molecule has 1 aliphatic heterocycles. The molecule has 2 amide bonds. The van der Waals surface area contributed by atoms with Crippen LogP contribution in [0.25, 0.3) is 0 Å². The third-order valence-electron chi connectivity index (χ3n) is 4.67. The first-order valence-corrected chi connectivity index (χ1v) is 8.88. The maximum atomic E-state index is 12.5. The summed E-state index contributed by atoms with van der Waals surface area (Å²) in [4.78, 5) is 28.1. The van der Waals surface area contributed by atoms with Gasteiger partial charge in [-0.15, -0.1) is 0 Å². The van der Waals surface area contributed by atoms with Gasteiger partial charge in [0.05, 0.1) is 6.04 Å². The Balaban J connectivity index is 1.86. The van der Waals surface area contributed by atoms with E-state index in [0.717, 1.165) is 18.4 Å². The highest BCUT2D eigenvalue weighted by atomic mass is 16.6. The Bertz CT molecular complexity index is 577. The molecular weight excluding hydrogens is 318 g/mol. The van der Waals surface area contributed by atoms with E-state index in [4.69, 9.17) is 10.5 Å². The summed E-state index contributed by atoms with van der Waals surface area (Å²) in [5.74, 6) is 0.0749. The minimum atomic E-state index is -0.490. The molecule has 0 spiro atoms. The molecule has 1 heterocycles. The van der Waals surface area contributed by atoms with E-state index in [9.17, 15) is 9.59 Å². The normalized spacial score (nSPS) is 18.3. The van der Waals surface area contributed by atoms with Gasteiger partial charge < -0.3 is 20.3 Å². The van der Waals surface area contributed by atoms with Crippen molar-refractivity contribution in [2.75, 3.05) is 20.1 Å². The van der Waals surface area contributed by atoms with Crippen LogP contribution in [0.15, 0.2) is 30.3 Å². The van der Waals surface area contributed by atoms with E-state index >= 15 is 0 Å². The summed E-state index contributed by atoms with van der Waals surface area (Å²) in [5.41, 5.74) is 6.96. The van der Waals surface area contributed by atoms with E-state index in [2.05, 4.69) is 0 Å². The largest absolute Gasteiger partial charge is 0.445 e. The number of nitrogens with zero attached hydrogens (tertiary/aromatic N) is 2. The van der Waals surface area contributed by atoms with Crippen molar-refractivity contribution >= 4 is 12.0 Å². The Labute approximate surface area is 149 Å². The van der Waals surface area contributed by atoms with Gasteiger partial charge in [-0.1, -0.05) is 44.2 Å². The fraction of sp³-hybridized carbons (Fsp3) is 0.579. The molecule has 1 aromatic carbocycles. The van der Waals surface area contributed by atoms with Crippen LogP contribution in [0.4, 0.5) is 4.79 Å². The zero-order valence-corrected chi connectivity index (χ0v) is 15.4. The van der Waals surface area contributed by atoms with Crippen molar-refractivity contribution in [2.24, 2.45) is 11.7 Å². The maximum absolute atomic E-state index is 12.5. The Kier molecular flexibility index (Phi) is 6.82. The monoisotopic (exact) mass is 347 g/mol. The van der Waals surface area contributed by atoms with E-state index in [1.807, 2.05) is 49.1 Å². The summed E-state index contributed by atoms with van der Waals surface area (Å²) >= 11 is 0. The van der Waals surface area contributed by atoms with Crippen LogP contribution in [-0.2, 0) is 16.1 Å². The number of rotatable bonds is 6. The van der Waals surface area contributed by atoms with Crippen LogP contribution in [0.5, 0.6) is 0 Å². The lowest BCUT2D eigenvalue weighted by molar-refractivity contribution is -0.134. The number of ether oxygens (including phenoxy) is 1. The van der Waals surface area contributed by atoms with E-state index < -0.39 is 6.04 Å². The van der Waals surface area contributed by atoms with Gasteiger partial charge in [0.1, 0.15) is 6.61 Å². The fourth-order valence-corrected chi connectivity index (χ4v) is 3.01. The second-order valence-electron chi connectivity index (χ2n) is 7.02. The average molecular weight is 347 g/mol. The highest BCUT2D eigenvalue weighted by Gasteiger charge is 2.34. The molecule has 2 rings (SSSR count). The number of nitrogens with two attached hydrogens (primary N) is 1. The number of carbonyl (C=O) groups is 2. The highest BCUT2D eigenvalue weighted by Crippen LogP contribution is 2.20. The van der Waals surface area contributed by atoms with Crippen molar-refractivity contribution in [1.29, 1.82) is 0 Å². The number of likely N-dealkylation sites (N-methyl/N-ethyl adjacent to an activating group) is 1. The van der Waals surface area contributed by atoms with Gasteiger partial charge in [-0.25, -0.2) is 4.79 Å². The van der Waals surface area contributed by atoms with Gasteiger partial charge in [0.2, 0.25) is 5.91 Å². The van der Waals surface area contributed by atoms with Crippen LogP contribution in [0.2, 0.25) is 0 Å². The van der Waals surface area contributed by atoms with Crippen molar-refractivity contribution in [1.82, 2.24) is 9.80 Å². The van der Waals surface area contributed by atoms with Gasteiger partial charge >= 0.3 is 6.09 Å². The fourth-order valence-electron chi connectivity index (χ4n) is 3.01. The molecule has 1 aromatic rings. The van der Waals surface area contributed by atoms with Gasteiger partial charge in [0, 0.05) is 26.2 Å². The Hall–Kier alpha value is -2.08. The molecule has 2 N–H and O–H groups in total. The molecule has 0 bridgehead atoms. The Morgan fingerprint density at radius 2 is 2.00 bits per heavy atom. The summed E-state index contributed by atoms with van der Waals surface area (Å²) < 4.78 is 5.34. The maximum Gasteiger partial charge on any atom is 0.409 e. The number of carbonyl (C=O) groups excluding carboxylic acids is 2. The molecule has 25 heavy (non-hydrogen) atoms. The molecule has 2 atom stereocenters. The molecule has 0 aromatic heterocycles. The Morgan fingerprint density at radius 1 is 1.32 bits per heavy atom. The zero-order chi connectivity index (χ0) is 18.4. The lowest BCUT2D eigenvalue weighted by Crippen LogP contribution is -2.51. The number of benzene rings is 1. The lowest BCUT2D eigenvalue weighted by Gasteiger charge is -2.31. The van der Waals surface area contributed by atoms with Crippen molar-refractivity contribution < 1.29 is 14.3 Å². The zero-order valence-electron chi connectivity index (χ0n) is 15.4. The first-order valence-electron chi connectivity index (χ1n) is 8.88. The smallest absolute Gasteiger partial charge is 0.409 e. The van der Waals surface area contributed by atoms with Crippen molar-refractivity contribution in [3.63, 3.8) is 0 Å². The predicted octanol–water partition coefficient (Wildman–Crippen LogP) is 2.23. The van der Waals surface area contributed by atoms with Gasteiger partial charge in [-0.3, -0.25) is 4.79 Å². The summed E-state index contributed by atoms with van der Waals surface area (Å²) in [6.45, 7) is 5.30. The number of hydrogen-bond donors (Lipinski definition) is 1. The number of hydrogen-bond acceptors (Lipinski definition) is 4. The van der Waals surface area contributed by atoms with Crippen LogP contribution in [-0.4, -0.2) is 54.0 Å². The molecule has 1 unspecified atom stereocenters. The number of likely N-dealkylation sites (tertiary alicyclic amines) is 1. The molecule has 138 valence electrons. The lowest BCUT2D eigenvalue weighted by atomic mass is 10.0. The van der Waals surface area contributed by atoms with Crippen molar-refractivity contribution in [3.05, 3.63) is 35.9 Å². The van der Waals surface area contributed by atoms with Crippen LogP contribution in [0, 0.1) is 5.92 Å². The van der Waals surface area contributed by atoms with E-state index in [-0.39, 0.29) is 30.6 Å². The molecule has 6 heteroatoms. The summed E-state index contributed by atoms with van der Waals surface area (Å²) in [5, 5.41) is 0. The molecule has 6 nitrogen and oxygen atoms in total. The van der Waals surface area contributed by atoms with Gasteiger partial charge in [0.25, 0.3) is 0 Å². The van der Waals surface area contributed by atoms with Crippen LogP contribution in [0.1, 0.15) is 32.3 Å². The standard InChI is InChI=1S/C19H29N3O3/c1-14(2)17(20)18(23)22-11-7-10-16(22)12-21(3)19(24)25-13-15-8-5-4-6-9-15/h4-6,8-9,14,16-17H,7,10-13,20H2,1-3H3/t16?,17-/m0/s1. The minimum Gasteiger partial charge on any atom is -0.445 e. The molecule has 0 saturated carbocycles. The van der Waals surface area contributed by atoms with Gasteiger partial charge in [-0.05, 0) is 24.3 Å². The SMILES string of the molecule is CC(C)[C@H](N)C(=O)N1CCCC1CN(C)C(=O)OCc1ccccc1. The predicted molar refractivity (Wildman–Crippen MR) is 96.8 cm³/mol. The summed E-state index contributed by atoms with van der Waals surface area (Å²) in [6, 6.07) is 9.09. The third kappa shape index (κ3) is 5.19. The molecular formula is C19H29N3O3. The average Bonchev–Trinajstić information content (AvgIpc) is 3.07. The third-order valence-corrected chi connectivity index (χ3v) is 4.67. The molecule has 0 radical (unpaired) electrons. The molecule has 1 saturated heterocycles. The summed E-state index contributed by atoms with van der Waals surface area (Å²) in [6.07, 6.45) is 1.44. The molecule has 1 fully saturated rings. The quantitative estimate of drug-likeness (QED) is 0.856. The first-order chi connectivity index (χ1) is 11.9. The molecule has 1 aliphatic rings. The summed E-state index contributed by atoms with van der Waals surface area (Å²) in [7, 11) is 1.71. The Morgan fingerprint density at radius 3 is 2.64 bits per heavy atom. The van der Waals surface area contributed by atoms with Crippen LogP contribution >= 0.6 is 0 Å². The minimum absolute atomic E-state index is 0.00609. The van der Waals surface area contributed by atoms with Crippen molar-refractivity contribution in [2.45, 2.75) is 45.4 Å².